The number of fused-ring (bicyclic) bond motifs is 1. The molecule has 10 nitrogen and oxygen atoms in total. The van der Waals surface area contributed by atoms with Crippen LogP contribution in [0.5, 0.6) is 0 Å². The number of rotatable bonds is 5. The smallest absolute Gasteiger partial charge is 0.270 e. The highest BCUT2D eigenvalue weighted by molar-refractivity contribution is 5.92. The van der Waals surface area contributed by atoms with E-state index in [1.54, 1.807) is 0 Å². The molecule has 0 bridgehead atoms. The molecule has 0 atom stereocenters. The van der Waals surface area contributed by atoms with Gasteiger partial charge in [0.1, 0.15) is 6.54 Å². The van der Waals surface area contributed by atoms with Crippen molar-refractivity contribution in [1.29, 1.82) is 0 Å². The minimum absolute atomic E-state index is 0.111. The monoisotopic (exact) mass is 368 g/mol. The second-order valence-corrected chi connectivity index (χ2v) is 5.61. The minimum Gasteiger partial charge on any atom is -0.325 e. The van der Waals surface area contributed by atoms with E-state index in [1.165, 1.54) is 59.2 Å². The number of hydrogen-bond acceptors (Lipinski definition) is 6. The van der Waals surface area contributed by atoms with Gasteiger partial charge in [0, 0.05) is 41.4 Å². The molecular formula is C17H12N4O6. The van der Waals surface area contributed by atoms with Crippen LogP contribution in [0.3, 0.4) is 0 Å². The Bertz CT molecular complexity index is 1120. The Labute approximate surface area is 151 Å². The van der Waals surface area contributed by atoms with Crippen LogP contribution in [0.1, 0.15) is 0 Å². The summed E-state index contributed by atoms with van der Waals surface area (Å²) in [5.74, 6) is -0.517. The van der Waals surface area contributed by atoms with Crippen molar-refractivity contribution in [3.8, 4) is 0 Å². The molecule has 136 valence electrons. The van der Waals surface area contributed by atoms with Gasteiger partial charge in [0.2, 0.25) is 5.91 Å². The number of hydrogen-bond donors (Lipinski definition) is 1. The molecule has 0 radical (unpaired) electrons. The number of nitro groups is 2. The number of non-ortho nitro benzene ring substituents is 2. The largest absolute Gasteiger partial charge is 0.325 e. The summed E-state index contributed by atoms with van der Waals surface area (Å²) in [6, 6.07) is 11.9. The van der Waals surface area contributed by atoms with Gasteiger partial charge in [0.25, 0.3) is 16.9 Å². The first-order valence-corrected chi connectivity index (χ1v) is 7.67. The van der Waals surface area contributed by atoms with Crippen molar-refractivity contribution in [3.63, 3.8) is 0 Å². The topological polar surface area (TPSA) is 137 Å². The molecule has 1 aromatic heterocycles. The Balaban J connectivity index is 1.85. The fourth-order valence-corrected chi connectivity index (χ4v) is 2.58. The molecule has 0 spiro atoms. The number of amides is 1. The van der Waals surface area contributed by atoms with E-state index in [9.17, 15) is 29.8 Å². The van der Waals surface area contributed by atoms with Gasteiger partial charge in [-0.3, -0.25) is 34.4 Å². The highest BCUT2D eigenvalue weighted by Gasteiger charge is 2.12. The Morgan fingerprint density at radius 1 is 0.926 bits per heavy atom. The van der Waals surface area contributed by atoms with Crippen molar-refractivity contribution in [2.24, 2.45) is 0 Å². The molecule has 1 amide bonds. The van der Waals surface area contributed by atoms with Gasteiger partial charge in [-0.15, -0.1) is 0 Å². The summed E-state index contributed by atoms with van der Waals surface area (Å²) < 4.78 is 1.19. The maximum absolute atomic E-state index is 12.3. The van der Waals surface area contributed by atoms with Crippen molar-refractivity contribution in [2.75, 3.05) is 5.32 Å². The lowest BCUT2D eigenvalue weighted by atomic mass is 10.2. The Morgan fingerprint density at radius 3 is 2.19 bits per heavy atom. The van der Waals surface area contributed by atoms with Gasteiger partial charge in [-0.05, 0) is 24.3 Å². The number of anilines is 1. The van der Waals surface area contributed by atoms with E-state index in [4.69, 9.17) is 0 Å². The lowest BCUT2D eigenvalue weighted by molar-refractivity contribution is -0.385. The number of nitrogens with one attached hydrogen (secondary N) is 1. The van der Waals surface area contributed by atoms with Gasteiger partial charge in [0.05, 0.1) is 15.4 Å². The van der Waals surface area contributed by atoms with E-state index in [0.717, 1.165) is 0 Å². The maximum Gasteiger partial charge on any atom is 0.270 e. The zero-order valence-electron chi connectivity index (χ0n) is 13.7. The molecule has 0 fully saturated rings. The van der Waals surface area contributed by atoms with Crippen molar-refractivity contribution in [1.82, 2.24) is 4.57 Å². The summed E-state index contributed by atoms with van der Waals surface area (Å²) in [6.07, 6.45) is 0. The Morgan fingerprint density at radius 2 is 1.56 bits per heavy atom. The highest BCUT2D eigenvalue weighted by Crippen LogP contribution is 2.20. The first-order chi connectivity index (χ1) is 12.8. The highest BCUT2D eigenvalue weighted by atomic mass is 16.6. The van der Waals surface area contributed by atoms with E-state index in [-0.39, 0.29) is 17.9 Å². The van der Waals surface area contributed by atoms with Gasteiger partial charge >= 0.3 is 0 Å². The molecule has 2 aromatic carbocycles. The van der Waals surface area contributed by atoms with Gasteiger partial charge in [-0.2, -0.15) is 0 Å². The average Bonchev–Trinajstić information content (AvgIpc) is 2.64. The van der Waals surface area contributed by atoms with Crippen LogP contribution in [0.25, 0.3) is 10.9 Å². The second-order valence-electron chi connectivity index (χ2n) is 5.61. The summed E-state index contributed by atoms with van der Waals surface area (Å²) >= 11 is 0. The van der Waals surface area contributed by atoms with E-state index in [1.807, 2.05) is 0 Å². The molecule has 1 N–H and O–H groups in total. The van der Waals surface area contributed by atoms with Crippen LogP contribution >= 0.6 is 0 Å². The number of pyridine rings is 1. The van der Waals surface area contributed by atoms with Gasteiger partial charge in [0.15, 0.2) is 0 Å². The number of nitro benzene ring substituents is 2. The van der Waals surface area contributed by atoms with Gasteiger partial charge in [-0.1, -0.05) is 0 Å². The minimum atomic E-state index is -0.555. The van der Waals surface area contributed by atoms with E-state index < -0.39 is 21.3 Å². The Hall–Kier alpha value is -4.08. The summed E-state index contributed by atoms with van der Waals surface area (Å²) in [5.41, 5.74) is 0.0552. The van der Waals surface area contributed by atoms with Crippen LogP contribution in [0, 0.1) is 20.2 Å². The zero-order valence-corrected chi connectivity index (χ0v) is 13.7. The predicted molar refractivity (Wildman–Crippen MR) is 96.6 cm³/mol. The van der Waals surface area contributed by atoms with Gasteiger partial charge < -0.3 is 5.32 Å². The quantitative estimate of drug-likeness (QED) is 0.542. The normalized spacial score (nSPS) is 10.5. The number of nitrogens with zero attached hydrogens (tertiary/aromatic N) is 3. The third-order valence-corrected chi connectivity index (χ3v) is 3.85. The zero-order chi connectivity index (χ0) is 19.6. The lowest BCUT2D eigenvalue weighted by Gasteiger charge is -2.10. The third-order valence-electron chi connectivity index (χ3n) is 3.85. The number of aromatic nitrogens is 1. The summed E-state index contributed by atoms with van der Waals surface area (Å²) in [5, 5.41) is 24.5. The fourth-order valence-electron chi connectivity index (χ4n) is 2.58. The maximum atomic E-state index is 12.3. The van der Waals surface area contributed by atoms with Gasteiger partial charge in [-0.25, -0.2) is 0 Å². The predicted octanol–water partition coefficient (Wildman–Crippen LogP) is 2.46. The summed E-state index contributed by atoms with van der Waals surface area (Å²) in [6.45, 7) is -0.315. The van der Waals surface area contributed by atoms with Crippen LogP contribution in [-0.2, 0) is 11.3 Å². The molecule has 0 unspecified atom stereocenters. The molecule has 0 saturated heterocycles. The van der Waals surface area contributed by atoms with Crippen molar-refractivity contribution in [3.05, 3.63) is 85.2 Å². The molecule has 10 heteroatoms. The van der Waals surface area contributed by atoms with Crippen LogP contribution < -0.4 is 10.9 Å². The van der Waals surface area contributed by atoms with Crippen molar-refractivity contribution >= 4 is 33.9 Å². The number of carbonyl (C=O) groups is 1. The SMILES string of the molecule is O=C(Cn1c(=O)ccc2cc([N+](=O)[O-])ccc21)Nc1ccc([N+](=O)[O-])cc1. The standard InChI is InChI=1S/C17H12N4O6/c22-16(18-12-2-4-13(5-3-12)20(24)25)10-19-15-7-6-14(21(26)27)9-11(15)1-8-17(19)23/h1-9H,10H2,(H,18,22). The van der Waals surface area contributed by atoms with Crippen LogP contribution in [0.15, 0.2) is 59.4 Å². The number of carbonyl (C=O) groups excluding carboxylic acids is 1. The molecular weight excluding hydrogens is 356 g/mol. The average molecular weight is 368 g/mol. The van der Waals surface area contributed by atoms with E-state index in [2.05, 4.69) is 5.32 Å². The molecule has 0 aliphatic rings. The van der Waals surface area contributed by atoms with Crippen molar-refractivity contribution in [2.45, 2.75) is 6.54 Å². The summed E-state index contributed by atoms with van der Waals surface area (Å²) in [4.78, 5) is 44.8. The Kier molecular flexibility index (Phi) is 4.62. The van der Waals surface area contributed by atoms with Crippen molar-refractivity contribution < 1.29 is 14.6 Å². The molecule has 0 aliphatic carbocycles. The molecule has 0 saturated carbocycles. The van der Waals surface area contributed by atoms with E-state index >= 15 is 0 Å². The first-order valence-electron chi connectivity index (χ1n) is 7.67. The second kappa shape index (κ2) is 7.04. The first kappa shape index (κ1) is 17.7. The molecule has 0 aliphatic heterocycles. The molecule has 3 aromatic rings. The third kappa shape index (κ3) is 3.79. The molecule has 1 heterocycles. The lowest BCUT2D eigenvalue weighted by Crippen LogP contribution is -2.27. The summed E-state index contributed by atoms with van der Waals surface area (Å²) in [7, 11) is 0. The van der Waals surface area contributed by atoms with Crippen LogP contribution in [-0.4, -0.2) is 20.3 Å². The van der Waals surface area contributed by atoms with E-state index in [0.29, 0.717) is 16.6 Å². The van der Waals surface area contributed by atoms with Crippen LogP contribution in [0.2, 0.25) is 0 Å². The fraction of sp³-hybridized carbons (Fsp3) is 0.0588. The van der Waals surface area contributed by atoms with Crippen LogP contribution in [0.4, 0.5) is 17.1 Å². The molecule has 3 rings (SSSR count). The molecule has 27 heavy (non-hydrogen) atoms. The number of benzene rings is 2.